The number of carbonyl (C=O) groups excluding carboxylic acids is 3. The number of hydrogen-bond acceptors (Lipinski definition) is 9. The minimum absolute atomic E-state index is 0.0477. The van der Waals surface area contributed by atoms with Gasteiger partial charge in [0, 0.05) is 21.1 Å². The van der Waals surface area contributed by atoms with E-state index in [-0.39, 0.29) is 35.5 Å². The third-order valence-electron chi connectivity index (χ3n) is 6.12. The van der Waals surface area contributed by atoms with Crippen molar-refractivity contribution < 1.29 is 14.4 Å². The highest BCUT2D eigenvalue weighted by Gasteiger charge is 2.38. The third kappa shape index (κ3) is 4.80. The van der Waals surface area contributed by atoms with Gasteiger partial charge >= 0.3 is 0 Å². The van der Waals surface area contributed by atoms with E-state index in [2.05, 4.69) is 53.5 Å². The van der Waals surface area contributed by atoms with Gasteiger partial charge in [-0.25, -0.2) is 14.0 Å². The lowest BCUT2D eigenvalue weighted by Crippen LogP contribution is -2.60. The molecule has 0 aromatic carbocycles. The van der Waals surface area contributed by atoms with E-state index in [9.17, 15) is 14.4 Å². The lowest BCUT2D eigenvalue weighted by atomic mass is 10.1. The highest BCUT2D eigenvalue weighted by Crippen LogP contribution is 2.26. The molecular weight excluding hydrogens is 595 g/mol. The molecule has 4 heterocycles. The molecule has 1 unspecified atom stereocenters. The zero-order valence-corrected chi connectivity index (χ0v) is 23.9. The van der Waals surface area contributed by atoms with E-state index < -0.39 is 17.7 Å². The summed E-state index contributed by atoms with van der Waals surface area (Å²) in [6.45, 7) is 7.28. The molecule has 1 saturated heterocycles. The van der Waals surface area contributed by atoms with Crippen LogP contribution in [0.15, 0.2) is 0 Å². The average Bonchev–Trinajstić information content (AvgIpc) is 3.53. The Morgan fingerprint density at radius 3 is 1.46 bits per heavy atom. The van der Waals surface area contributed by atoms with Gasteiger partial charge in [0.2, 0.25) is 0 Å². The molecule has 15 nitrogen and oxygen atoms in total. The largest absolute Gasteiger partial charge is 0.301 e. The van der Waals surface area contributed by atoms with E-state index in [1.165, 1.54) is 28.7 Å². The normalized spacial score (nSPS) is 15.0. The maximum Gasteiger partial charge on any atom is 0.276 e. The number of alkyl halides is 1. The van der Waals surface area contributed by atoms with E-state index in [0.29, 0.717) is 28.5 Å². The second-order valence-electron chi connectivity index (χ2n) is 9.27. The van der Waals surface area contributed by atoms with Crippen molar-refractivity contribution in [2.24, 2.45) is 21.1 Å². The second kappa shape index (κ2) is 10.1. The van der Waals surface area contributed by atoms with Gasteiger partial charge in [-0.3, -0.25) is 14.4 Å². The van der Waals surface area contributed by atoms with Gasteiger partial charge < -0.3 is 14.7 Å². The molecule has 37 heavy (non-hydrogen) atoms. The summed E-state index contributed by atoms with van der Waals surface area (Å²) in [5.74, 6) is -1.24. The molecule has 1 aliphatic heterocycles. The van der Waals surface area contributed by atoms with Crippen LogP contribution in [0.1, 0.15) is 79.2 Å². The predicted molar refractivity (Wildman–Crippen MR) is 137 cm³/mol. The Balaban J connectivity index is 1.74. The van der Waals surface area contributed by atoms with Gasteiger partial charge in [-0.2, -0.15) is 0 Å². The van der Waals surface area contributed by atoms with Gasteiger partial charge in [0.25, 0.3) is 17.7 Å². The van der Waals surface area contributed by atoms with E-state index in [4.69, 9.17) is 0 Å². The Bertz CT molecular complexity index is 1260. The quantitative estimate of drug-likeness (QED) is 0.294. The van der Waals surface area contributed by atoms with Crippen molar-refractivity contribution in [1.82, 2.24) is 59.7 Å². The molecule has 3 amide bonds. The molecule has 1 atom stereocenters. The minimum atomic E-state index is -0.405. The van der Waals surface area contributed by atoms with Crippen molar-refractivity contribution in [1.29, 1.82) is 0 Å². The van der Waals surface area contributed by atoms with Crippen molar-refractivity contribution in [2.45, 2.75) is 37.5 Å². The SMILES string of the molecule is Cc1nnn(C)c1C(=O)N1CN(C(=O)c2c(C(C)C)nnn2C)CN(C(=O)c2c(C(C)I)nnn2C)C1. The molecule has 0 radical (unpaired) electrons. The topological polar surface area (TPSA) is 153 Å². The molecule has 1 aliphatic rings. The molecule has 0 spiro atoms. The van der Waals surface area contributed by atoms with Gasteiger partial charge in [-0.15, -0.1) is 15.3 Å². The fraction of sp³-hybridized carbons (Fsp3) is 0.571. The monoisotopic (exact) mass is 624 g/mol. The van der Waals surface area contributed by atoms with Crippen LogP contribution in [0.5, 0.6) is 0 Å². The summed E-state index contributed by atoms with van der Waals surface area (Å²) in [5.41, 5.74) is 2.39. The Morgan fingerprint density at radius 1 is 0.676 bits per heavy atom. The number of nitrogens with zero attached hydrogens (tertiary/aromatic N) is 12. The van der Waals surface area contributed by atoms with Gasteiger partial charge in [0.15, 0.2) is 5.69 Å². The number of halogens is 1. The third-order valence-corrected chi connectivity index (χ3v) is 6.71. The Kier molecular flexibility index (Phi) is 7.29. The summed E-state index contributed by atoms with van der Waals surface area (Å²) in [7, 11) is 4.90. The number of carbonyl (C=O) groups is 3. The van der Waals surface area contributed by atoms with Crippen LogP contribution in [0.2, 0.25) is 0 Å². The first-order valence-corrected chi connectivity index (χ1v) is 12.8. The average molecular weight is 624 g/mol. The molecule has 0 aliphatic carbocycles. The molecule has 0 saturated carbocycles. The number of aromatic nitrogens is 9. The standard InChI is InChI=1S/C21H29IN12O3/c1-11(2)14-17(30(6)27-24-14)20(36)33-8-32(19(35)16-13(4)23-26-29(16)5)9-34(10-33)21(37)18-15(12(3)22)25-28-31(18)7/h11-12H,8-10H2,1-7H3. The lowest BCUT2D eigenvalue weighted by molar-refractivity contribution is -0.00743. The molecule has 0 N–H and O–H groups in total. The highest BCUT2D eigenvalue weighted by atomic mass is 127. The molecule has 3 aromatic rings. The van der Waals surface area contributed by atoms with E-state index in [1.807, 2.05) is 20.8 Å². The summed E-state index contributed by atoms with van der Waals surface area (Å²) in [4.78, 5) is 45.4. The maximum atomic E-state index is 13.8. The number of hydrogen-bond donors (Lipinski definition) is 0. The first-order chi connectivity index (χ1) is 17.4. The van der Waals surface area contributed by atoms with Crippen LogP contribution >= 0.6 is 22.6 Å². The Hall–Kier alpha value is -3.44. The first kappa shape index (κ1) is 26.6. The van der Waals surface area contributed by atoms with Crippen molar-refractivity contribution in [3.8, 4) is 0 Å². The van der Waals surface area contributed by atoms with Crippen LogP contribution in [-0.2, 0) is 21.1 Å². The summed E-state index contributed by atoms with van der Waals surface area (Å²) in [6, 6.07) is 0. The molecule has 4 rings (SSSR count). The first-order valence-electron chi connectivity index (χ1n) is 11.6. The number of rotatable bonds is 5. The maximum absolute atomic E-state index is 13.8. The molecule has 1 fully saturated rings. The van der Waals surface area contributed by atoms with E-state index in [0.717, 1.165) is 0 Å². The van der Waals surface area contributed by atoms with Gasteiger partial charge in [-0.1, -0.05) is 52.1 Å². The number of aryl methyl sites for hydroxylation is 4. The predicted octanol–water partition coefficient (Wildman–Crippen LogP) is 0.613. The summed E-state index contributed by atoms with van der Waals surface area (Å²) in [5, 5.41) is 24.2. The van der Waals surface area contributed by atoms with Gasteiger partial charge in [-0.05, 0) is 19.8 Å². The second-order valence-corrected chi connectivity index (χ2v) is 11.1. The molecule has 3 aromatic heterocycles. The van der Waals surface area contributed by atoms with Crippen molar-refractivity contribution in [2.75, 3.05) is 20.0 Å². The smallest absolute Gasteiger partial charge is 0.276 e. The van der Waals surface area contributed by atoms with Crippen LogP contribution in [-0.4, -0.2) is 97.4 Å². The van der Waals surface area contributed by atoms with Gasteiger partial charge in [0.1, 0.15) is 17.1 Å². The fourth-order valence-corrected chi connectivity index (χ4v) is 4.66. The van der Waals surface area contributed by atoms with Crippen molar-refractivity contribution >= 4 is 40.3 Å². The van der Waals surface area contributed by atoms with E-state index >= 15 is 0 Å². The zero-order valence-electron chi connectivity index (χ0n) is 21.7. The lowest BCUT2D eigenvalue weighted by Gasteiger charge is -2.42. The summed E-state index contributed by atoms with van der Waals surface area (Å²) < 4.78 is 4.13. The Morgan fingerprint density at radius 2 is 1.05 bits per heavy atom. The molecular formula is C21H29IN12O3. The fourth-order valence-electron chi connectivity index (χ4n) is 4.24. The van der Waals surface area contributed by atoms with Crippen LogP contribution in [0.3, 0.4) is 0 Å². The minimum Gasteiger partial charge on any atom is -0.301 e. The van der Waals surface area contributed by atoms with Crippen LogP contribution in [0, 0.1) is 6.92 Å². The van der Waals surface area contributed by atoms with E-state index in [1.54, 1.807) is 28.1 Å². The number of amides is 3. The molecule has 16 heteroatoms. The van der Waals surface area contributed by atoms with Crippen LogP contribution in [0.4, 0.5) is 0 Å². The van der Waals surface area contributed by atoms with Gasteiger partial charge in [0.05, 0.1) is 35.3 Å². The van der Waals surface area contributed by atoms with Crippen molar-refractivity contribution in [3.63, 3.8) is 0 Å². The van der Waals surface area contributed by atoms with Crippen LogP contribution < -0.4 is 0 Å². The molecule has 198 valence electrons. The zero-order chi connectivity index (χ0) is 27.2. The Labute approximate surface area is 226 Å². The summed E-state index contributed by atoms with van der Waals surface area (Å²) in [6.07, 6.45) is 0. The molecule has 0 bridgehead atoms. The highest BCUT2D eigenvalue weighted by molar-refractivity contribution is 14.1. The van der Waals surface area contributed by atoms with Crippen LogP contribution in [0.25, 0.3) is 0 Å². The summed E-state index contributed by atoms with van der Waals surface area (Å²) >= 11 is 2.17. The van der Waals surface area contributed by atoms with Crippen molar-refractivity contribution in [3.05, 3.63) is 34.2 Å².